The number of nitrogens with zero attached hydrogens (tertiary/aromatic N) is 3. The van der Waals surface area contributed by atoms with Crippen molar-refractivity contribution in [3.8, 4) is 10.6 Å². The molecular formula is C17H18N4OS2. The van der Waals surface area contributed by atoms with Crippen molar-refractivity contribution in [2.24, 2.45) is 0 Å². The number of hydrogen-bond acceptors (Lipinski definition) is 6. The van der Waals surface area contributed by atoms with E-state index in [4.69, 9.17) is 0 Å². The second-order valence-electron chi connectivity index (χ2n) is 5.54. The minimum absolute atomic E-state index is 0.0882. The maximum absolute atomic E-state index is 12.5. The zero-order chi connectivity index (χ0) is 17.1. The number of nitrogens with one attached hydrogen (secondary N) is 1. The third-order valence-corrected chi connectivity index (χ3v) is 5.38. The van der Waals surface area contributed by atoms with Gasteiger partial charge in [0.15, 0.2) is 0 Å². The van der Waals surface area contributed by atoms with Crippen LogP contribution in [0.1, 0.15) is 20.9 Å². The van der Waals surface area contributed by atoms with Crippen LogP contribution in [0.3, 0.4) is 0 Å². The van der Waals surface area contributed by atoms with Crippen LogP contribution in [0, 0.1) is 6.92 Å². The number of carbonyl (C=O) groups is 1. The predicted molar refractivity (Wildman–Crippen MR) is 99.9 cm³/mol. The lowest BCUT2D eigenvalue weighted by molar-refractivity contribution is 0.0954. The van der Waals surface area contributed by atoms with E-state index in [0.29, 0.717) is 11.4 Å². The quantitative estimate of drug-likeness (QED) is 0.757. The summed E-state index contributed by atoms with van der Waals surface area (Å²) in [5, 5.41) is 7.91. The molecule has 0 spiro atoms. The summed E-state index contributed by atoms with van der Waals surface area (Å²) in [5.41, 5.74) is 2.85. The van der Waals surface area contributed by atoms with Crippen LogP contribution in [0.25, 0.3) is 10.6 Å². The van der Waals surface area contributed by atoms with Crippen molar-refractivity contribution < 1.29 is 4.79 Å². The summed E-state index contributed by atoms with van der Waals surface area (Å²) in [6, 6.07) is 5.89. The van der Waals surface area contributed by atoms with Crippen LogP contribution >= 0.6 is 22.7 Å². The fourth-order valence-electron chi connectivity index (χ4n) is 2.19. The molecule has 0 saturated heterocycles. The highest BCUT2D eigenvalue weighted by atomic mass is 32.1. The lowest BCUT2D eigenvalue weighted by atomic mass is 10.2. The Morgan fingerprint density at radius 1 is 1.33 bits per heavy atom. The van der Waals surface area contributed by atoms with Crippen molar-refractivity contribution in [2.45, 2.75) is 13.5 Å². The van der Waals surface area contributed by atoms with Gasteiger partial charge in [0.05, 0.1) is 5.69 Å². The highest BCUT2D eigenvalue weighted by molar-refractivity contribution is 7.17. The van der Waals surface area contributed by atoms with Crippen molar-refractivity contribution in [3.05, 3.63) is 51.3 Å². The van der Waals surface area contributed by atoms with Gasteiger partial charge in [0.25, 0.3) is 5.91 Å². The predicted octanol–water partition coefficient (Wildman–Crippen LogP) is 3.57. The molecule has 0 radical (unpaired) electrons. The largest absolute Gasteiger partial charge is 0.363 e. The Morgan fingerprint density at radius 2 is 2.17 bits per heavy atom. The molecule has 0 bridgehead atoms. The molecule has 0 unspecified atom stereocenters. The fourth-order valence-corrected chi connectivity index (χ4v) is 3.89. The number of rotatable bonds is 5. The maximum atomic E-state index is 12.5. The van der Waals surface area contributed by atoms with Crippen LogP contribution in [0.15, 0.2) is 35.2 Å². The van der Waals surface area contributed by atoms with Gasteiger partial charge >= 0.3 is 0 Å². The molecule has 124 valence electrons. The Bertz CT molecular complexity index is 840. The van der Waals surface area contributed by atoms with Gasteiger partial charge in [-0.3, -0.25) is 4.79 Å². The highest BCUT2D eigenvalue weighted by Crippen LogP contribution is 2.29. The van der Waals surface area contributed by atoms with Gasteiger partial charge in [-0.15, -0.1) is 11.3 Å². The zero-order valence-electron chi connectivity index (χ0n) is 13.7. The topological polar surface area (TPSA) is 58.1 Å². The van der Waals surface area contributed by atoms with Crippen LogP contribution in [-0.4, -0.2) is 30.0 Å². The number of pyridine rings is 1. The molecule has 0 aliphatic heterocycles. The molecule has 7 heteroatoms. The lowest BCUT2D eigenvalue weighted by Gasteiger charge is -2.12. The van der Waals surface area contributed by atoms with Gasteiger partial charge in [-0.1, -0.05) is 0 Å². The molecule has 24 heavy (non-hydrogen) atoms. The van der Waals surface area contributed by atoms with Crippen LogP contribution in [0.5, 0.6) is 0 Å². The molecule has 1 N–H and O–H groups in total. The summed E-state index contributed by atoms with van der Waals surface area (Å²) < 4.78 is 0. The van der Waals surface area contributed by atoms with Crippen LogP contribution < -0.4 is 10.2 Å². The lowest BCUT2D eigenvalue weighted by Crippen LogP contribution is -2.23. The summed E-state index contributed by atoms with van der Waals surface area (Å²) in [6.45, 7) is 2.34. The molecular weight excluding hydrogens is 340 g/mol. The van der Waals surface area contributed by atoms with Crippen molar-refractivity contribution >= 4 is 34.4 Å². The van der Waals surface area contributed by atoms with Crippen LogP contribution in [-0.2, 0) is 6.54 Å². The van der Waals surface area contributed by atoms with E-state index < -0.39 is 0 Å². The summed E-state index contributed by atoms with van der Waals surface area (Å²) >= 11 is 3.06. The minimum atomic E-state index is -0.0882. The molecule has 0 aliphatic rings. The SMILES string of the molecule is Cc1nc(-c2ccsc2)sc1C(=O)NCc1ccnc(N(C)C)c1. The summed E-state index contributed by atoms with van der Waals surface area (Å²) in [5.74, 6) is 0.783. The number of anilines is 1. The van der Waals surface area contributed by atoms with Crippen molar-refractivity contribution in [1.82, 2.24) is 15.3 Å². The van der Waals surface area contributed by atoms with E-state index >= 15 is 0 Å². The van der Waals surface area contributed by atoms with Gasteiger partial charge in [-0.25, -0.2) is 9.97 Å². The van der Waals surface area contributed by atoms with Crippen molar-refractivity contribution in [2.75, 3.05) is 19.0 Å². The zero-order valence-corrected chi connectivity index (χ0v) is 15.4. The number of aryl methyl sites for hydroxylation is 1. The molecule has 0 fully saturated rings. The Labute approximate surface area is 149 Å². The number of carbonyl (C=O) groups excluding carboxylic acids is 1. The maximum Gasteiger partial charge on any atom is 0.263 e. The Kier molecular flexibility index (Phi) is 4.92. The Hall–Kier alpha value is -2.25. The van der Waals surface area contributed by atoms with Gasteiger partial charge < -0.3 is 10.2 Å². The van der Waals surface area contributed by atoms with Gasteiger partial charge in [0.1, 0.15) is 15.7 Å². The van der Waals surface area contributed by atoms with Gasteiger partial charge in [-0.2, -0.15) is 11.3 Å². The van der Waals surface area contributed by atoms with Gasteiger partial charge in [0, 0.05) is 37.8 Å². The van der Waals surface area contributed by atoms with E-state index in [-0.39, 0.29) is 5.91 Å². The third kappa shape index (κ3) is 3.63. The molecule has 0 atom stereocenters. The first-order valence-electron chi connectivity index (χ1n) is 7.45. The van der Waals surface area contributed by atoms with Crippen molar-refractivity contribution in [3.63, 3.8) is 0 Å². The van der Waals surface area contributed by atoms with Crippen LogP contribution in [0.2, 0.25) is 0 Å². The molecule has 1 amide bonds. The molecule has 3 aromatic rings. The minimum Gasteiger partial charge on any atom is -0.363 e. The first-order valence-corrected chi connectivity index (χ1v) is 9.21. The highest BCUT2D eigenvalue weighted by Gasteiger charge is 2.16. The number of thiophene rings is 1. The summed E-state index contributed by atoms with van der Waals surface area (Å²) in [4.78, 5) is 23.9. The van der Waals surface area contributed by atoms with E-state index in [9.17, 15) is 4.79 Å². The number of amides is 1. The Balaban J connectivity index is 1.70. The average molecular weight is 358 g/mol. The molecule has 5 nitrogen and oxygen atoms in total. The monoisotopic (exact) mass is 358 g/mol. The molecule has 3 rings (SSSR count). The smallest absolute Gasteiger partial charge is 0.263 e. The van der Waals surface area contributed by atoms with E-state index in [1.165, 1.54) is 11.3 Å². The fraction of sp³-hybridized carbons (Fsp3) is 0.235. The first-order chi connectivity index (χ1) is 11.5. The Morgan fingerprint density at radius 3 is 2.88 bits per heavy atom. The molecule has 3 heterocycles. The van der Waals surface area contributed by atoms with E-state index in [2.05, 4.69) is 15.3 Å². The van der Waals surface area contributed by atoms with Gasteiger partial charge in [0.2, 0.25) is 0 Å². The van der Waals surface area contributed by atoms with Crippen molar-refractivity contribution in [1.29, 1.82) is 0 Å². The normalized spacial score (nSPS) is 10.6. The molecule has 0 saturated carbocycles. The van der Waals surface area contributed by atoms with E-state index in [0.717, 1.165) is 27.6 Å². The molecule has 3 aromatic heterocycles. The molecule has 0 aromatic carbocycles. The third-order valence-electron chi connectivity index (χ3n) is 3.49. The first kappa shape index (κ1) is 16.6. The number of hydrogen-bond donors (Lipinski definition) is 1. The second-order valence-corrected chi connectivity index (χ2v) is 7.32. The van der Waals surface area contributed by atoms with Gasteiger partial charge in [-0.05, 0) is 36.1 Å². The second kappa shape index (κ2) is 7.11. The standard InChI is InChI=1S/C17H18N4OS2/c1-11-15(24-17(20-11)13-5-7-23-10-13)16(22)19-9-12-4-6-18-14(8-12)21(2)3/h4-8,10H,9H2,1-3H3,(H,19,22). The molecule has 0 aliphatic carbocycles. The summed E-state index contributed by atoms with van der Waals surface area (Å²) in [7, 11) is 3.88. The van der Waals surface area contributed by atoms with Crippen LogP contribution in [0.4, 0.5) is 5.82 Å². The van der Waals surface area contributed by atoms with E-state index in [1.54, 1.807) is 17.5 Å². The summed E-state index contributed by atoms with van der Waals surface area (Å²) in [6.07, 6.45) is 1.75. The number of thiazole rings is 1. The van der Waals surface area contributed by atoms with E-state index in [1.807, 2.05) is 54.9 Å². The average Bonchev–Trinajstić information content (AvgIpc) is 3.22. The number of aromatic nitrogens is 2.